The Morgan fingerprint density at radius 3 is 2.60 bits per heavy atom. The van der Waals surface area contributed by atoms with E-state index < -0.39 is 0 Å². The molecule has 2 rings (SSSR count). The molecule has 0 amide bonds. The van der Waals surface area contributed by atoms with Crippen molar-refractivity contribution in [3.63, 3.8) is 0 Å². The van der Waals surface area contributed by atoms with E-state index in [1.54, 1.807) is 19.2 Å². The molecule has 0 aromatic heterocycles. The van der Waals surface area contributed by atoms with E-state index in [0.29, 0.717) is 24.7 Å². The molecule has 5 heteroatoms. The maximum absolute atomic E-state index is 12.8. The van der Waals surface area contributed by atoms with Gasteiger partial charge in [-0.15, -0.1) is 0 Å². The Bertz CT molecular complexity index is 560. The summed E-state index contributed by atoms with van der Waals surface area (Å²) in [7, 11) is 1.60. The molecule has 0 bridgehead atoms. The largest absolute Gasteiger partial charge is 0.493 e. The van der Waals surface area contributed by atoms with Gasteiger partial charge in [0.1, 0.15) is 12.4 Å². The normalized spacial score (nSPS) is 10.2. The highest BCUT2D eigenvalue weighted by molar-refractivity contribution is 9.10. The second kappa shape index (κ2) is 7.14. The Labute approximate surface area is 125 Å². The van der Waals surface area contributed by atoms with Gasteiger partial charge < -0.3 is 14.8 Å². The Morgan fingerprint density at radius 2 is 1.90 bits per heavy atom. The summed E-state index contributed by atoms with van der Waals surface area (Å²) in [6, 6.07) is 11.8. The third kappa shape index (κ3) is 3.87. The maximum Gasteiger partial charge on any atom is 0.175 e. The van der Waals surface area contributed by atoms with Gasteiger partial charge in [-0.1, -0.05) is 6.07 Å². The van der Waals surface area contributed by atoms with E-state index in [0.717, 1.165) is 10.2 Å². The van der Waals surface area contributed by atoms with E-state index >= 15 is 0 Å². The number of halogens is 2. The molecule has 0 atom stereocenters. The number of rotatable bonds is 6. The summed E-state index contributed by atoms with van der Waals surface area (Å²) in [6.45, 7) is 1.08. The van der Waals surface area contributed by atoms with Crippen LogP contribution in [0.15, 0.2) is 46.9 Å². The molecular formula is C15H15BrFNO2. The fourth-order valence-corrected chi connectivity index (χ4v) is 2.17. The van der Waals surface area contributed by atoms with Crippen LogP contribution in [-0.4, -0.2) is 20.3 Å². The monoisotopic (exact) mass is 339 g/mol. The lowest BCUT2D eigenvalue weighted by Crippen LogP contribution is -2.12. The van der Waals surface area contributed by atoms with Crippen molar-refractivity contribution in [3.05, 3.63) is 52.8 Å². The van der Waals surface area contributed by atoms with Crippen LogP contribution in [-0.2, 0) is 0 Å². The molecule has 0 aliphatic rings. The topological polar surface area (TPSA) is 30.5 Å². The first-order chi connectivity index (χ1) is 9.70. The van der Waals surface area contributed by atoms with Gasteiger partial charge in [0.2, 0.25) is 0 Å². The van der Waals surface area contributed by atoms with Crippen molar-refractivity contribution in [1.82, 2.24) is 0 Å². The van der Waals surface area contributed by atoms with Gasteiger partial charge in [0.25, 0.3) is 0 Å². The van der Waals surface area contributed by atoms with E-state index in [4.69, 9.17) is 9.47 Å². The molecule has 0 aliphatic carbocycles. The molecule has 0 unspecified atom stereocenters. The Kier molecular flexibility index (Phi) is 5.24. The van der Waals surface area contributed by atoms with Crippen molar-refractivity contribution < 1.29 is 13.9 Å². The SMILES string of the molecule is COc1cccc(Br)c1OCCNc1ccc(F)cc1. The quantitative estimate of drug-likeness (QED) is 0.804. The van der Waals surface area contributed by atoms with Crippen LogP contribution < -0.4 is 14.8 Å². The van der Waals surface area contributed by atoms with E-state index in [1.807, 2.05) is 18.2 Å². The van der Waals surface area contributed by atoms with Crippen LogP contribution in [0.4, 0.5) is 10.1 Å². The standard InChI is InChI=1S/C15H15BrFNO2/c1-19-14-4-2-3-13(16)15(14)20-10-9-18-12-7-5-11(17)6-8-12/h2-8,18H,9-10H2,1H3. The number of hydrogen-bond donors (Lipinski definition) is 1. The smallest absolute Gasteiger partial charge is 0.175 e. The average molecular weight is 340 g/mol. The molecule has 0 fully saturated rings. The van der Waals surface area contributed by atoms with Gasteiger partial charge in [-0.3, -0.25) is 0 Å². The van der Waals surface area contributed by atoms with Gasteiger partial charge >= 0.3 is 0 Å². The van der Waals surface area contributed by atoms with E-state index in [2.05, 4.69) is 21.2 Å². The molecule has 0 heterocycles. The minimum atomic E-state index is -0.246. The maximum atomic E-state index is 12.8. The van der Waals surface area contributed by atoms with Gasteiger partial charge in [0.15, 0.2) is 11.5 Å². The van der Waals surface area contributed by atoms with Crippen LogP contribution in [0.5, 0.6) is 11.5 Å². The second-order valence-corrected chi connectivity index (χ2v) is 4.91. The summed E-state index contributed by atoms with van der Waals surface area (Å²) in [6.07, 6.45) is 0. The summed E-state index contributed by atoms with van der Waals surface area (Å²) >= 11 is 3.43. The van der Waals surface area contributed by atoms with Crippen LogP contribution in [0.25, 0.3) is 0 Å². The third-order valence-electron chi connectivity index (χ3n) is 2.67. The van der Waals surface area contributed by atoms with Gasteiger partial charge in [-0.05, 0) is 52.3 Å². The molecule has 0 saturated heterocycles. The van der Waals surface area contributed by atoms with Crippen molar-refractivity contribution in [2.75, 3.05) is 25.6 Å². The molecule has 0 spiro atoms. The predicted molar refractivity (Wildman–Crippen MR) is 81.1 cm³/mol. The van der Waals surface area contributed by atoms with Crippen molar-refractivity contribution in [2.24, 2.45) is 0 Å². The van der Waals surface area contributed by atoms with Gasteiger partial charge in [-0.25, -0.2) is 4.39 Å². The number of benzene rings is 2. The second-order valence-electron chi connectivity index (χ2n) is 4.05. The number of ether oxygens (including phenoxy) is 2. The van der Waals surface area contributed by atoms with Crippen LogP contribution in [0.2, 0.25) is 0 Å². The number of methoxy groups -OCH3 is 1. The summed E-state index contributed by atoms with van der Waals surface area (Å²) in [5.74, 6) is 1.11. The van der Waals surface area contributed by atoms with Gasteiger partial charge in [0, 0.05) is 12.2 Å². The number of para-hydroxylation sites is 1. The van der Waals surface area contributed by atoms with Crippen LogP contribution in [0.3, 0.4) is 0 Å². The van der Waals surface area contributed by atoms with Crippen LogP contribution in [0.1, 0.15) is 0 Å². The summed E-state index contributed by atoms with van der Waals surface area (Å²) in [5.41, 5.74) is 0.856. The number of anilines is 1. The van der Waals surface area contributed by atoms with E-state index in [1.165, 1.54) is 12.1 Å². The van der Waals surface area contributed by atoms with Crippen molar-refractivity contribution in [1.29, 1.82) is 0 Å². The minimum absolute atomic E-state index is 0.246. The summed E-state index contributed by atoms with van der Waals surface area (Å²) in [4.78, 5) is 0. The molecule has 0 saturated carbocycles. The molecule has 0 aliphatic heterocycles. The average Bonchev–Trinajstić information content (AvgIpc) is 2.46. The van der Waals surface area contributed by atoms with Gasteiger partial charge in [-0.2, -0.15) is 0 Å². The fourth-order valence-electron chi connectivity index (χ4n) is 1.71. The van der Waals surface area contributed by atoms with Gasteiger partial charge in [0.05, 0.1) is 11.6 Å². The highest BCUT2D eigenvalue weighted by Gasteiger charge is 2.07. The molecule has 3 nitrogen and oxygen atoms in total. The molecule has 106 valence electrons. The number of hydrogen-bond acceptors (Lipinski definition) is 3. The zero-order chi connectivity index (χ0) is 14.4. The Morgan fingerprint density at radius 1 is 1.15 bits per heavy atom. The first-order valence-corrected chi connectivity index (χ1v) is 6.95. The van der Waals surface area contributed by atoms with Crippen LogP contribution >= 0.6 is 15.9 Å². The van der Waals surface area contributed by atoms with E-state index in [-0.39, 0.29) is 5.82 Å². The fraction of sp³-hybridized carbons (Fsp3) is 0.200. The molecule has 1 N–H and O–H groups in total. The molecule has 20 heavy (non-hydrogen) atoms. The predicted octanol–water partition coefficient (Wildman–Crippen LogP) is 4.09. The van der Waals surface area contributed by atoms with E-state index in [9.17, 15) is 4.39 Å². The lowest BCUT2D eigenvalue weighted by atomic mass is 10.3. The van der Waals surface area contributed by atoms with Crippen LogP contribution in [0, 0.1) is 5.82 Å². The summed E-state index contributed by atoms with van der Waals surface area (Å²) < 4.78 is 24.5. The minimum Gasteiger partial charge on any atom is -0.493 e. The molecular weight excluding hydrogens is 325 g/mol. The lowest BCUT2D eigenvalue weighted by molar-refractivity contribution is 0.304. The molecule has 2 aromatic carbocycles. The van der Waals surface area contributed by atoms with Crippen molar-refractivity contribution in [3.8, 4) is 11.5 Å². The Hall–Kier alpha value is -1.75. The summed E-state index contributed by atoms with van der Waals surface area (Å²) in [5, 5.41) is 3.15. The Balaban J connectivity index is 1.86. The van der Waals surface area contributed by atoms with Crippen molar-refractivity contribution >= 4 is 21.6 Å². The third-order valence-corrected chi connectivity index (χ3v) is 3.30. The zero-order valence-corrected chi connectivity index (χ0v) is 12.6. The highest BCUT2D eigenvalue weighted by atomic mass is 79.9. The lowest BCUT2D eigenvalue weighted by Gasteiger charge is -2.13. The van der Waals surface area contributed by atoms with Crippen molar-refractivity contribution in [2.45, 2.75) is 0 Å². The first-order valence-electron chi connectivity index (χ1n) is 6.15. The molecule has 2 aromatic rings. The highest BCUT2D eigenvalue weighted by Crippen LogP contribution is 2.34. The number of nitrogens with one attached hydrogen (secondary N) is 1. The molecule has 0 radical (unpaired) electrons. The first kappa shape index (κ1) is 14.7. The zero-order valence-electron chi connectivity index (χ0n) is 11.0.